The lowest BCUT2D eigenvalue weighted by Crippen LogP contribution is -2.07. The van der Waals surface area contributed by atoms with Gasteiger partial charge >= 0.3 is 6.18 Å². The van der Waals surface area contributed by atoms with Gasteiger partial charge in [-0.15, -0.1) is 6.42 Å². The smallest absolute Gasteiger partial charge is 0.435 e. The van der Waals surface area contributed by atoms with Crippen LogP contribution in [0.2, 0.25) is 0 Å². The van der Waals surface area contributed by atoms with Crippen LogP contribution in [-0.2, 0) is 16.0 Å². The third kappa shape index (κ3) is 4.05. The standard InChI is InChI=1S/C23H15F3N2O3S/c1-3-15-13-16(6-11-19(15)21-5-4-12-31-21)20-14-22(23(24,25)26)27-28(20)17-7-9-18(10-8-17)32(2,29)30/h1,4-14H,2H3. The molecule has 0 radical (unpaired) electrons. The Morgan fingerprint density at radius 2 is 1.78 bits per heavy atom. The minimum atomic E-state index is -4.67. The van der Waals surface area contributed by atoms with E-state index in [4.69, 9.17) is 10.8 Å². The largest absolute Gasteiger partial charge is 0.464 e. The molecule has 4 aromatic rings. The number of furan rings is 1. The number of nitrogens with zero attached hydrogens (tertiary/aromatic N) is 2. The van der Waals surface area contributed by atoms with E-state index in [0.717, 1.165) is 17.0 Å². The van der Waals surface area contributed by atoms with Gasteiger partial charge in [-0.2, -0.15) is 18.3 Å². The average Bonchev–Trinajstić information content (AvgIpc) is 3.43. The zero-order chi connectivity index (χ0) is 23.1. The molecular weight excluding hydrogens is 441 g/mol. The summed E-state index contributed by atoms with van der Waals surface area (Å²) in [5.41, 5.74) is 0.791. The first-order valence-electron chi connectivity index (χ1n) is 9.20. The summed E-state index contributed by atoms with van der Waals surface area (Å²) in [5.74, 6) is 3.07. The third-order valence-corrected chi connectivity index (χ3v) is 5.90. The first kappa shape index (κ1) is 21.5. The van der Waals surface area contributed by atoms with Crippen LogP contribution in [0.1, 0.15) is 11.3 Å². The van der Waals surface area contributed by atoms with Crippen molar-refractivity contribution in [3.05, 3.63) is 78.2 Å². The number of sulfone groups is 1. The second kappa shape index (κ2) is 7.73. The van der Waals surface area contributed by atoms with Gasteiger partial charge in [0, 0.05) is 22.9 Å². The van der Waals surface area contributed by atoms with Crippen molar-refractivity contribution in [2.24, 2.45) is 0 Å². The Kier molecular flexibility index (Phi) is 5.18. The molecule has 0 N–H and O–H groups in total. The molecule has 0 spiro atoms. The van der Waals surface area contributed by atoms with Gasteiger partial charge in [0.2, 0.25) is 0 Å². The van der Waals surface area contributed by atoms with Gasteiger partial charge in [0.25, 0.3) is 0 Å². The summed E-state index contributed by atoms with van der Waals surface area (Å²) < 4.78 is 70.2. The van der Waals surface area contributed by atoms with Crippen molar-refractivity contribution in [2.45, 2.75) is 11.1 Å². The van der Waals surface area contributed by atoms with Crippen LogP contribution in [0.15, 0.2) is 76.2 Å². The van der Waals surface area contributed by atoms with Gasteiger partial charge in [0.1, 0.15) is 5.76 Å². The van der Waals surface area contributed by atoms with Gasteiger partial charge in [0.05, 0.1) is 22.5 Å². The maximum atomic E-state index is 13.4. The zero-order valence-corrected chi connectivity index (χ0v) is 17.4. The van der Waals surface area contributed by atoms with Crippen molar-refractivity contribution < 1.29 is 26.0 Å². The molecule has 0 unspecified atom stereocenters. The molecule has 0 aliphatic rings. The van der Waals surface area contributed by atoms with E-state index in [1.54, 1.807) is 30.3 Å². The lowest BCUT2D eigenvalue weighted by molar-refractivity contribution is -0.141. The number of alkyl halides is 3. The minimum Gasteiger partial charge on any atom is -0.464 e. The Hall–Kier alpha value is -3.77. The summed E-state index contributed by atoms with van der Waals surface area (Å²) in [6, 6.07) is 14.6. The lowest BCUT2D eigenvalue weighted by atomic mass is 10.0. The average molecular weight is 456 g/mol. The Balaban J connectivity index is 1.88. The molecule has 32 heavy (non-hydrogen) atoms. The van der Waals surface area contributed by atoms with Crippen LogP contribution in [0.5, 0.6) is 0 Å². The molecular formula is C23H15F3N2O3S. The number of aromatic nitrogens is 2. The van der Waals surface area contributed by atoms with E-state index >= 15 is 0 Å². The van der Waals surface area contributed by atoms with E-state index in [-0.39, 0.29) is 16.3 Å². The highest BCUT2D eigenvalue weighted by atomic mass is 32.2. The number of hydrogen-bond acceptors (Lipinski definition) is 4. The zero-order valence-electron chi connectivity index (χ0n) is 16.6. The summed E-state index contributed by atoms with van der Waals surface area (Å²) in [7, 11) is -3.46. The maximum absolute atomic E-state index is 13.4. The fourth-order valence-corrected chi connectivity index (χ4v) is 3.86. The monoisotopic (exact) mass is 456 g/mol. The normalized spacial score (nSPS) is 12.0. The molecule has 0 saturated heterocycles. The molecule has 0 saturated carbocycles. The van der Waals surface area contributed by atoms with Crippen LogP contribution in [0.25, 0.3) is 28.3 Å². The van der Waals surface area contributed by atoms with Crippen LogP contribution >= 0.6 is 0 Å². The lowest BCUT2D eigenvalue weighted by Gasteiger charge is -2.10. The number of halogens is 3. The number of hydrogen-bond donors (Lipinski definition) is 0. The SMILES string of the molecule is C#Cc1cc(-c2cc(C(F)(F)F)nn2-c2ccc(S(C)(=O)=O)cc2)ccc1-c1ccco1. The third-order valence-electron chi connectivity index (χ3n) is 4.77. The maximum Gasteiger partial charge on any atom is 0.435 e. The summed E-state index contributed by atoms with van der Waals surface area (Å²) in [6.45, 7) is 0. The van der Waals surface area contributed by atoms with Crippen LogP contribution in [0.3, 0.4) is 0 Å². The molecule has 2 aromatic heterocycles. The van der Waals surface area contributed by atoms with Gasteiger partial charge < -0.3 is 4.42 Å². The molecule has 0 amide bonds. The fourth-order valence-electron chi connectivity index (χ4n) is 3.23. The van der Waals surface area contributed by atoms with E-state index in [1.165, 1.54) is 30.5 Å². The van der Waals surface area contributed by atoms with E-state index in [9.17, 15) is 21.6 Å². The number of terminal acetylenes is 1. The molecule has 0 bridgehead atoms. The van der Waals surface area contributed by atoms with Crippen molar-refractivity contribution in [1.82, 2.24) is 9.78 Å². The van der Waals surface area contributed by atoms with Crippen LogP contribution < -0.4 is 0 Å². The van der Waals surface area contributed by atoms with E-state index in [1.807, 2.05) is 0 Å². The predicted octanol–water partition coefficient (Wildman–Crippen LogP) is 5.20. The number of rotatable bonds is 4. The topological polar surface area (TPSA) is 65.1 Å². The Morgan fingerprint density at radius 3 is 2.34 bits per heavy atom. The molecule has 0 atom stereocenters. The molecule has 2 heterocycles. The number of benzene rings is 2. The molecule has 162 valence electrons. The minimum absolute atomic E-state index is 0.0448. The molecule has 0 aliphatic carbocycles. The van der Waals surface area contributed by atoms with Crippen molar-refractivity contribution in [3.63, 3.8) is 0 Å². The fraction of sp³-hybridized carbons (Fsp3) is 0.0870. The van der Waals surface area contributed by atoms with Gasteiger partial charge in [-0.1, -0.05) is 12.0 Å². The quantitative estimate of drug-likeness (QED) is 0.396. The van der Waals surface area contributed by atoms with Gasteiger partial charge in [-0.3, -0.25) is 0 Å². The van der Waals surface area contributed by atoms with Gasteiger partial charge in [-0.05, 0) is 54.6 Å². The molecule has 4 rings (SSSR count). The highest BCUT2D eigenvalue weighted by Crippen LogP contribution is 2.35. The Bertz CT molecular complexity index is 1430. The molecule has 5 nitrogen and oxygen atoms in total. The van der Waals surface area contributed by atoms with Crippen LogP contribution in [0.4, 0.5) is 13.2 Å². The van der Waals surface area contributed by atoms with E-state index in [2.05, 4.69) is 11.0 Å². The summed E-state index contributed by atoms with van der Waals surface area (Å²) >= 11 is 0. The van der Waals surface area contributed by atoms with Crippen LogP contribution in [-0.4, -0.2) is 24.5 Å². The Morgan fingerprint density at radius 1 is 1.06 bits per heavy atom. The summed E-state index contributed by atoms with van der Waals surface area (Å²) in [4.78, 5) is 0.0448. The van der Waals surface area contributed by atoms with Gasteiger partial charge in [-0.25, -0.2) is 13.1 Å². The second-order valence-corrected chi connectivity index (χ2v) is 8.99. The van der Waals surface area contributed by atoms with Crippen molar-refractivity contribution in [2.75, 3.05) is 6.26 Å². The van der Waals surface area contributed by atoms with Crippen molar-refractivity contribution in [3.8, 4) is 40.6 Å². The van der Waals surface area contributed by atoms with E-state index < -0.39 is 21.7 Å². The van der Waals surface area contributed by atoms with Crippen molar-refractivity contribution in [1.29, 1.82) is 0 Å². The first-order chi connectivity index (χ1) is 15.1. The molecule has 0 aliphatic heterocycles. The highest BCUT2D eigenvalue weighted by Gasteiger charge is 2.35. The van der Waals surface area contributed by atoms with Crippen molar-refractivity contribution >= 4 is 9.84 Å². The van der Waals surface area contributed by atoms with Gasteiger partial charge in [0.15, 0.2) is 15.5 Å². The first-order valence-corrected chi connectivity index (χ1v) is 11.1. The van der Waals surface area contributed by atoms with E-state index in [0.29, 0.717) is 22.5 Å². The highest BCUT2D eigenvalue weighted by molar-refractivity contribution is 7.90. The summed E-state index contributed by atoms with van der Waals surface area (Å²) in [5, 5.41) is 3.72. The second-order valence-electron chi connectivity index (χ2n) is 6.97. The molecule has 0 fully saturated rings. The summed E-state index contributed by atoms with van der Waals surface area (Å²) in [6.07, 6.45) is 3.50. The Labute approximate surface area is 182 Å². The van der Waals surface area contributed by atoms with Crippen LogP contribution in [0, 0.1) is 12.3 Å². The molecule has 2 aromatic carbocycles. The molecule has 9 heteroatoms. The predicted molar refractivity (Wildman–Crippen MR) is 113 cm³/mol.